The molecule has 0 aromatic carbocycles. The van der Waals surface area contributed by atoms with E-state index in [9.17, 15) is 4.79 Å². The van der Waals surface area contributed by atoms with E-state index < -0.39 is 0 Å². The van der Waals surface area contributed by atoms with Gasteiger partial charge in [-0.3, -0.25) is 0 Å². The molecule has 1 heterocycles. The van der Waals surface area contributed by atoms with Crippen LogP contribution in [0.5, 0.6) is 0 Å². The first kappa shape index (κ1) is 15.0. The van der Waals surface area contributed by atoms with Gasteiger partial charge in [-0.1, -0.05) is 19.9 Å². The molecule has 0 spiro atoms. The van der Waals surface area contributed by atoms with Gasteiger partial charge in [0.25, 0.3) is 0 Å². The molecule has 0 fully saturated rings. The zero-order chi connectivity index (χ0) is 13.5. The Morgan fingerprint density at radius 3 is 2.72 bits per heavy atom. The van der Waals surface area contributed by atoms with E-state index in [1.807, 2.05) is 13.1 Å². The molecule has 4 heteroatoms. The number of carbonyl (C=O) groups is 1. The first-order chi connectivity index (χ1) is 8.50. The summed E-state index contributed by atoms with van der Waals surface area (Å²) >= 11 is 1.73. The second kappa shape index (κ2) is 7.41. The summed E-state index contributed by atoms with van der Waals surface area (Å²) in [5, 5.41) is 5.03. The third-order valence-corrected chi connectivity index (χ3v) is 3.96. The Bertz CT molecular complexity index is 349. The molecule has 1 atom stereocenters. The lowest BCUT2D eigenvalue weighted by atomic mass is 10.0. The first-order valence-corrected chi connectivity index (χ1v) is 7.41. The predicted octanol–water partition coefficient (Wildman–Crippen LogP) is 3.37. The summed E-state index contributed by atoms with van der Waals surface area (Å²) in [7, 11) is 1.87. The first-order valence-electron chi connectivity index (χ1n) is 6.53. The highest BCUT2D eigenvalue weighted by Gasteiger charge is 2.15. The van der Waals surface area contributed by atoms with E-state index in [4.69, 9.17) is 0 Å². The van der Waals surface area contributed by atoms with Gasteiger partial charge in [0.2, 0.25) is 0 Å². The smallest absolute Gasteiger partial charge is 0.317 e. The summed E-state index contributed by atoms with van der Waals surface area (Å²) in [4.78, 5) is 15.0. The minimum Gasteiger partial charge on any atom is -0.338 e. The van der Waals surface area contributed by atoms with Crippen molar-refractivity contribution >= 4 is 17.4 Å². The Balaban J connectivity index is 2.27. The van der Waals surface area contributed by atoms with Crippen LogP contribution < -0.4 is 5.32 Å². The molecule has 1 rings (SSSR count). The normalized spacial score (nSPS) is 12.5. The van der Waals surface area contributed by atoms with Crippen LogP contribution in [-0.2, 0) is 6.42 Å². The maximum Gasteiger partial charge on any atom is 0.317 e. The van der Waals surface area contributed by atoms with Gasteiger partial charge < -0.3 is 10.2 Å². The van der Waals surface area contributed by atoms with E-state index in [1.54, 1.807) is 16.2 Å². The van der Waals surface area contributed by atoms with Crippen molar-refractivity contribution in [1.29, 1.82) is 0 Å². The third-order valence-electron chi connectivity index (χ3n) is 3.02. The monoisotopic (exact) mass is 268 g/mol. The van der Waals surface area contributed by atoms with E-state index in [2.05, 4.69) is 37.5 Å². The zero-order valence-corrected chi connectivity index (χ0v) is 12.6. The molecule has 1 aromatic rings. The van der Waals surface area contributed by atoms with Crippen LogP contribution in [0.4, 0.5) is 4.79 Å². The molecule has 0 aliphatic rings. The van der Waals surface area contributed by atoms with Crippen LogP contribution in [0.1, 0.15) is 32.1 Å². The molecule has 0 aliphatic heterocycles. The van der Waals surface area contributed by atoms with E-state index in [0.717, 1.165) is 12.8 Å². The molecule has 0 saturated carbocycles. The lowest BCUT2D eigenvalue weighted by molar-refractivity contribution is 0.187. The zero-order valence-electron chi connectivity index (χ0n) is 11.8. The molecular weight excluding hydrogens is 244 g/mol. The van der Waals surface area contributed by atoms with Crippen LogP contribution in [0.3, 0.4) is 0 Å². The molecule has 1 N–H and O–H groups in total. The van der Waals surface area contributed by atoms with E-state index in [-0.39, 0.29) is 12.1 Å². The Kier molecular flexibility index (Phi) is 6.19. The Labute approximate surface area is 114 Å². The summed E-state index contributed by atoms with van der Waals surface area (Å²) in [6, 6.07) is 4.45. The number of rotatable bonds is 6. The van der Waals surface area contributed by atoms with Crippen molar-refractivity contribution in [3.05, 3.63) is 22.4 Å². The Morgan fingerprint density at radius 2 is 2.17 bits per heavy atom. The minimum absolute atomic E-state index is 0.0275. The number of nitrogens with one attached hydrogen (secondary N) is 1. The summed E-state index contributed by atoms with van der Waals surface area (Å²) in [6.45, 7) is 7.16. The second-order valence-electron chi connectivity index (χ2n) is 5.15. The molecule has 0 radical (unpaired) electrons. The minimum atomic E-state index is 0.0275. The highest BCUT2D eigenvalue weighted by molar-refractivity contribution is 7.09. The van der Waals surface area contributed by atoms with Gasteiger partial charge in [-0.25, -0.2) is 4.79 Å². The van der Waals surface area contributed by atoms with Crippen molar-refractivity contribution in [2.24, 2.45) is 5.92 Å². The summed E-state index contributed by atoms with van der Waals surface area (Å²) in [5.41, 5.74) is 0. The van der Waals surface area contributed by atoms with Gasteiger partial charge in [0, 0.05) is 24.5 Å². The molecule has 102 valence electrons. The van der Waals surface area contributed by atoms with Gasteiger partial charge in [0.1, 0.15) is 0 Å². The van der Waals surface area contributed by atoms with Gasteiger partial charge >= 0.3 is 6.03 Å². The van der Waals surface area contributed by atoms with Gasteiger partial charge in [-0.05, 0) is 37.1 Å². The van der Waals surface area contributed by atoms with E-state index in [0.29, 0.717) is 12.5 Å². The average Bonchev–Trinajstić information content (AvgIpc) is 2.79. The lowest BCUT2D eigenvalue weighted by Gasteiger charge is -2.26. The fraction of sp³-hybridized carbons (Fsp3) is 0.643. The molecule has 0 saturated heterocycles. The lowest BCUT2D eigenvalue weighted by Crippen LogP contribution is -2.43. The fourth-order valence-corrected chi connectivity index (χ4v) is 2.62. The number of thiophene rings is 1. The molecule has 2 amide bonds. The number of nitrogens with zero attached hydrogens (tertiary/aromatic N) is 1. The van der Waals surface area contributed by atoms with Crippen LogP contribution in [0, 0.1) is 5.92 Å². The molecule has 0 bridgehead atoms. The number of hydrogen-bond donors (Lipinski definition) is 1. The van der Waals surface area contributed by atoms with E-state index in [1.165, 1.54) is 4.88 Å². The second-order valence-corrected chi connectivity index (χ2v) is 6.18. The van der Waals surface area contributed by atoms with Crippen molar-refractivity contribution < 1.29 is 4.79 Å². The maximum atomic E-state index is 11.9. The fourth-order valence-electron chi connectivity index (χ4n) is 1.91. The van der Waals surface area contributed by atoms with Gasteiger partial charge in [-0.2, -0.15) is 0 Å². The summed E-state index contributed by atoms with van der Waals surface area (Å²) in [6.07, 6.45) is 1.95. The van der Waals surface area contributed by atoms with Crippen LogP contribution in [-0.4, -0.2) is 30.6 Å². The largest absolute Gasteiger partial charge is 0.338 e. The average molecular weight is 268 g/mol. The molecular formula is C14H24N2OS. The Morgan fingerprint density at radius 1 is 1.44 bits per heavy atom. The van der Waals surface area contributed by atoms with Crippen LogP contribution in [0.25, 0.3) is 0 Å². The standard InChI is InChI=1S/C14H24N2OS/c1-11(2)10-12(3)16(4)14(17)15-8-7-13-6-5-9-18-13/h5-6,9,11-12H,7-8,10H2,1-4H3,(H,15,17)/t12-/m0/s1. The van der Waals surface area contributed by atoms with Crippen LogP contribution >= 0.6 is 11.3 Å². The van der Waals surface area contributed by atoms with Crippen molar-refractivity contribution in [3.63, 3.8) is 0 Å². The number of carbonyl (C=O) groups excluding carboxylic acids is 1. The quantitative estimate of drug-likeness (QED) is 0.843. The van der Waals surface area contributed by atoms with Crippen molar-refractivity contribution in [2.45, 2.75) is 39.7 Å². The van der Waals surface area contributed by atoms with Crippen molar-refractivity contribution in [2.75, 3.05) is 13.6 Å². The third kappa shape index (κ3) is 5.08. The highest BCUT2D eigenvalue weighted by Crippen LogP contribution is 2.10. The number of hydrogen-bond acceptors (Lipinski definition) is 2. The number of amides is 2. The maximum absolute atomic E-state index is 11.9. The topological polar surface area (TPSA) is 32.3 Å². The molecule has 3 nitrogen and oxygen atoms in total. The van der Waals surface area contributed by atoms with Crippen molar-refractivity contribution in [3.8, 4) is 0 Å². The molecule has 1 aromatic heterocycles. The van der Waals surface area contributed by atoms with Crippen LogP contribution in [0.2, 0.25) is 0 Å². The van der Waals surface area contributed by atoms with Gasteiger partial charge in [0.15, 0.2) is 0 Å². The van der Waals surface area contributed by atoms with Gasteiger partial charge in [-0.15, -0.1) is 11.3 Å². The van der Waals surface area contributed by atoms with Crippen LogP contribution in [0.15, 0.2) is 17.5 Å². The highest BCUT2D eigenvalue weighted by atomic mass is 32.1. The van der Waals surface area contributed by atoms with E-state index >= 15 is 0 Å². The summed E-state index contributed by atoms with van der Waals surface area (Å²) in [5.74, 6) is 0.612. The Hall–Kier alpha value is -1.03. The molecule has 18 heavy (non-hydrogen) atoms. The van der Waals surface area contributed by atoms with Gasteiger partial charge in [0.05, 0.1) is 0 Å². The SMILES string of the molecule is CC(C)C[C@H](C)N(C)C(=O)NCCc1cccs1. The molecule has 0 aliphatic carbocycles. The number of urea groups is 1. The summed E-state index contributed by atoms with van der Waals surface area (Å²) < 4.78 is 0. The predicted molar refractivity (Wildman–Crippen MR) is 78.1 cm³/mol. The van der Waals surface area contributed by atoms with Crippen molar-refractivity contribution in [1.82, 2.24) is 10.2 Å². The molecule has 0 unspecified atom stereocenters.